The minimum atomic E-state index is 0.640. The van der Waals surface area contributed by atoms with E-state index < -0.39 is 0 Å². The fourth-order valence-electron chi connectivity index (χ4n) is 2.07. The van der Waals surface area contributed by atoms with Crippen molar-refractivity contribution in [3.05, 3.63) is 41.6 Å². The normalized spacial score (nSPS) is 11.0. The van der Waals surface area contributed by atoms with E-state index in [1.54, 1.807) is 18.0 Å². The summed E-state index contributed by atoms with van der Waals surface area (Å²) in [6, 6.07) is 8.42. The Morgan fingerprint density at radius 2 is 2.10 bits per heavy atom. The third-order valence-corrected chi connectivity index (χ3v) is 4.28. The smallest absolute Gasteiger partial charge is 0.225 e. The van der Waals surface area contributed by atoms with E-state index in [1.165, 1.54) is 11.1 Å². The monoisotopic (exact) mass is 299 g/mol. The van der Waals surface area contributed by atoms with Crippen molar-refractivity contribution >= 4 is 28.7 Å². The van der Waals surface area contributed by atoms with Crippen LogP contribution in [0.1, 0.15) is 18.1 Å². The highest BCUT2D eigenvalue weighted by Crippen LogP contribution is 2.28. The largest absolute Gasteiger partial charge is 0.354 e. The highest BCUT2D eigenvalue weighted by molar-refractivity contribution is 7.98. The molecule has 108 valence electrons. The Hall–Kier alpha value is -2.08. The number of benzene rings is 1. The topological polar surface area (TPSA) is 66.5 Å². The fraction of sp³-hybridized carbons (Fsp3) is 0.267. The van der Waals surface area contributed by atoms with Crippen LogP contribution >= 0.6 is 11.8 Å². The quantitative estimate of drug-likeness (QED) is 0.558. The molecule has 0 aliphatic carbocycles. The molecular formula is C15H17N5S. The molecule has 3 aromatic rings. The third kappa shape index (κ3) is 3.00. The lowest BCUT2D eigenvalue weighted by Gasteiger charge is -2.07. The summed E-state index contributed by atoms with van der Waals surface area (Å²) in [6.45, 7) is 4.95. The molecule has 2 heterocycles. The number of hydrogen-bond acceptors (Lipinski definition) is 5. The molecule has 5 nitrogen and oxygen atoms in total. The van der Waals surface area contributed by atoms with E-state index in [0.717, 1.165) is 28.4 Å². The van der Waals surface area contributed by atoms with E-state index in [9.17, 15) is 0 Å². The second kappa shape index (κ2) is 6.13. The van der Waals surface area contributed by atoms with E-state index in [0.29, 0.717) is 5.95 Å². The molecule has 0 atom stereocenters. The van der Waals surface area contributed by atoms with Crippen molar-refractivity contribution < 1.29 is 0 Å². The highest BCUT2D eigenvalue weighted by atomic mass is 32.2. The molecule has 0 amide bonds. The van der Waals surface area contributed by atoms with Gasteiger partial charge in [-0.2, -0.15) is 10.1 Å². The van der Waals surface area contributed by atoms with E-state index in [-0.39, 0.29) is 0 Å². The third-order valence-electron chi connectivity index (χ3n) is 3.24. The number of fused-ring (bicyclic) bond motifs is 1. The van der Waals surface area contributed by atoms with Crippen LogP contribution in [0.15, 0.2) is 35.5 Å². The zero-order chi connectivity index (χ0) is 14.7. The van der Waals surface area contributed by atoms with Gasteiger partial charge in [0.1, 0.15) is 5.03 Å². The van der Waals surface area contributed by atoms with Crippen LogP contribution in [0, 0.1) is 6.92 Å². The number of aromatic nitrogens is 4. The zero-order valence-corrected chi connectivity index (χ0v) is 12.9. The molecule has 2 N–H and O–H groups in total. The van der Waals surface area contributed by atoms with Gasteiger partial charge in [0, 0.05) is 12.3 Å². The van der Waals surface area contributed by atoms with Gasteiger partial charge in [0.2, 0.25) is 5.95 Å². The number of aryl methyl sites for hydroxylation is 1. The number of nitrogens with zero attached hydrogens (tertiary/aromatic N) is 3. The van der Waals surface area contributed by atoms with Crippen molar-refractivity contribution in [3.8, 4) is 0 Å². The first kappa shape index (κ1) is 13.9. The molecule has 0 bridgehead atoms. The summed E-state index contributed by atoms with van der Waals surface area (Å²) in [5, 5.41) is 12.1. The summed E-state index contributed by atoms with van der Waals surface area (Å²) in [6.07, 6.45) is 1.78. The van der Waals surface area contributed by atoms with Crippen LogP contribution in [-0.2, 0) is 5.75 Å². The number of thioether (sulfide) groups is 1. The SMILES string of the molecule is CCNc1nc(SCc2ccccc2C)c2cn[nH]c2n1. The van der Waals surface area contributed by atoms with E-state index in [2.05, 4.69) is 56.7 Å². The Balaban J connectivity index is 1.89. The van der Waals surface area contributed by atoms with Crippen molar-refractivity contribution in [1.82, 2.24) is 20.2 Å². The van der Waals surface area contributed by atoms with Gasteiger partial charge >= 0.3 is 0 Å². The minimum Gasteiger partial charge on any atom is -0.354 e. The highest BCUT2D eigenvalue weighted by Gasteiger charge is 2.10. The Bertz CT molecular complexity index is 753. The standard InChI is InChI=1S/C15H17N5S/c1-3-16-15-18-13-12(8-17-20-13)14(19-15)21-9-11-7-5-4-6-10(11)2/h4-8H,3,9H2,1-2H3,(H2,16,17,18,19,20). The first-order valence-corrected chi connectivity index (χ1v) is 7.88. The maximum absolute atomic E-state index is 4.59. The van der Waals surface area contributed by atoms with Gasteiger partial charge in [-0.1, -0.05) is 24.3 Å². The zero-order valence-electron chi connectivity index (χ0n) is 12.1. The summed E-state index contributed by atoms with van der Waals surface area (Å²) in [7, 11) is 0. The number of anilines is 1. The summed E-state index contributed by atoms with van der Waals surface area (Å²) in [5.41, 5.74) is 3.39. The van der Waals surface area contributed by atoms with Crippen molar-refractivity contribution in [1.29, 1.82) is 0 Å². The maximum Gasteiger partial charge on any atom is 0.225 e. The van der Waals surface area contributed by atoms with Gasteiger partial charge in [-0.05, 0) is 25.0 Å². The van der Waals surface area contributed by atoms with E-state index in [1.807, 2.05) is 6.92 Å². The molecule has 6 heteroatoms. The lowest BCUT2D eigenvalue weighted by atomic mass is 10.1. The second-order valence-electron chi connectivity index (χ2n) is 4.73. The van der Waals surface area contributed by atoms with Crippen molar-refractivity contribution in [2.24, 2.45) is 0 Å². The number of hydrogen-bond donors (Lipinski definition) is 2. The van der Waals surface area contributed by atoms with Gasteiger partial charge in [0.05, 0.1) is 11.6 Å². The molecule has 0 saturated carbocycles. The van der Waals surface area contributed by atoms with Crippen LogP contribution in [0.2, 0.25) is 0 Å². The molecular weight excluding hydrogens is 282 g/mol. The van der Waals surface area contributed by atoms with Crippen LogP contribution in [0.4, 0.5) is 5.95 Å². The van der Waals surface area contributed by atoms with Crippen molar-refractivity contribution in [3.63, 3.8) is 0 Å². The van der Waals surface area contributed by atoms with Crippen LogP contribution in [0.5, 0.6) is 0 Å². The number of nitrogens with one attached hydrogen (secondary N) is 2. The average Bonchev–Trinajstić information content (AvgIpc) is 2.95. The van der Waals surface area contributed by atoms with Crippen LogP contribution in [0.25, 0.3) is 11.0 Å². The summed E-state index contributed by atoms with van der Waals surface area (Å²) in [5.74, 6) is 1.52. The van der Waals surface area contributed by atoms with Crippen LogP contribution in [0.3, 0.4) is 0 Å². The number of rotatable bonds is 5. The molecule has 0 fully saturated rings. The molecule has 0 aliphatic rings. The van der Waals surface area contributed by atoms with Gasteiger partial charge < -0.3 is 5.32 Å². The van der Waals surface area contributed by atoms with Crippen molar-refractivity contribution in [2.75, 3.05) is 11.9 Å². The molecule has 1 aromatic carbocycles. The van der Waals surface area contributed by atoms with Gasteiger partial charge in [-0.3, -0.25) is 5.10 Å². The lowest BCUT2D eigenvalue weighted by Crippen LogP contribution is -2.03. The molecule has 21 heavy (non-hydrogen) atoms. The Labute approximate surface area is 127 Å². The first-order chi connectivity index (χ1) is 10.3. The van der Waals surface area contributed by atoms with Gasteiger partial charge in [-0.25, -0.2) is 4.98 Å². The fourth-order valence-corrected chi connectivity index (χ4v) is 3.15. The first-order valence-electron chi connectivity index (χ1n) is 6.90. The minimum absolute atomic E-state index is 0.640. The van der Waals surface area contributed by atoms with Gasteiger partial charge in [-0.15, -0.1) is 11.8 Å². The van der Waals surface area contributed by atoms with Crippen LogP contribution in [-0.4, -0.2) is 26.7 Å². The molecule has 0 unspecified atom stereocenters. The molecule has 0 radical (unpaired) electrons. The molecule has 0 aliphatic heterocycles. The number of aromatic amines is 1. The average molecular weight is 299 g/mol. The molecule has 0 spiro atoms. The summed E-state index contributed by atoms with van der Waals surface area (Å²) < 4.78 is 0. The molecule has 3 rings (SSSR count). The number of H-pyrrole nitrogens is 1. The predicted molar refractivity (Wildman–Crippen MR) is 86.6 cm³/mol. The predicted octanol–water partition coefficient (Wildman–Crippen LogP) is 3.39. The van der Waals surface area contributed by atoms with E-state index in [4.69, 9.17) is 0 Å². The summed E-state index contributed by atoms with van der Waals surface area (Å²) in [4.78, 5) is 8.99. The Morgan fingerprint density at radius 1 is 1.24 bits per heavy atom. The molecule has 0 saturated heterocycles. The Kier molecular flexibility index (Phi) is 4.06. The maximum atomic E-state index is 4.59. The van der Waals surface area contributed by atoms with Gasteiger partial charge in [0.15, 0.2) is 5.65 Å². The van der Waals surface area contributed by atoms with Crippen molar-refractivity contribution in [2.45, 2.75) is 24.6 Å². The van der Waals surface area contributed by atoms with Gasteiger partial charge in [0.25, 0.3) is 0 Å². The van der Waals surface area contributed by atoms with E-state index >= 15 is 0 Å². The molecule has 2 aromatic heterocycles. The lowest BCUT2D eigenvalue weighted by molar-refractivity contribution is 1.03. The van der Waals surface area contributed by atoms with Crippen LogP contribution < -0.4 is 5.32 Å². The summed E-state index contributed by atoms with van der Waals surface area (Å²) >= 11 is 1.71. The Morgan fingerprint density at radius 3 is 2.90 bits per heavy atom. The second-order valence-corrected chi connectivity index (χ2v) is 5.69.